The van der Waals surface area contributed by atoms with Crippen molar-refractivity contribution in [2.75, 3.05) is 19.8 Å². The normalized spacial score (nSPS) is 22.0. The minimum Gasteiger partial charge on any atom is -0.394 e. The van der Waals surface area contributed by atoms with Crippen LogP contribution in [-0.2, 0) is 23.7 Å². The van der Waals surface area contributed by atoms with Crippen LogP contribution in [0.1, 0.15) is 361 Å². The Bertz CT molecular complexity index is 2170. The third-order valence-electron chi connectivity index (χ3n) is 20.4. The molecule has 14 heteroatoms. The minimum atomic E-state index is -1.80. The van der Waals surface area contributed by atoms with Gasteiger partial charge in [0.15, 0.2) is 12.6 Å². The number of hydrogen-bond donors (Lipinski definition) is 9. The van der Waals surface area contributed by atoms with Crippen molar-refractivity contribution < 1.29 is 64.6 Å². The van der Waals surface area contributed by atoms with Crippen LogP contribution in [0.15, 0.2) is 109 Å². The number of unbranched alkanes of at least 4 members (excludes halogenated alkanes) is 43. The van der Waals surface area contributed by atoms with E-state index < -0.39 is 86.8 Å². The third kappa shape index (κ3) is 54.3. The molecule has 0 aliphatic carbocycles. The SMILES string of the molecule is CC/C=C\C/C=C\C/C=C\C/C=C\C/C=C\C/C=C\C/C=C\CCCCCCCCCCCCCCCCCCCCCC(=O)NC(COC1OC(CO)C(OC2OC(CO)C(O)C(O)C2O)C(O)C1O)C(O)/C=C/CC/C=C/CCCCCCCCCCCCCCCCCCCCCCCCC. The number of amides is 1. The van der Waals surface area contributed by atoms with E-state index in [0.717, 1.165) is 77.0 Å². The van der Waals surface area contributed by atoms with E-state index >= 15 is 0 Å². The molecule has 0 aromatic rings. The number of aliphatic hydroxyl groups is 8. The highest BCUT2D eigenvalue weighted by atomic mass is 16.7. The number of nitrogens with one attached hydrogen (secondary N) is 1. The van der Waals surface area contributed by atoms with Gasteiger partial charge in [-0.15, -0.1) is 0 Å². The van der Waals surface area contributed by atoms with Crippen molar-refractivity contribution in [1.29, 1.82) is 0 Å². The molecule has 14 nitrogen and oxygen atoms in total. The molecule has 0 radical (unpaired) electrons. The number of aliphatic hydroxyl groups excluding tert-OH is 8. The van der Waals surface area contributed by atoms with Gasteiger partial charge in [-0.1, -0.05) is 374 Å². The van der Waals surface area contributed by atoms with Crippen LogP contribution in [0.25, 0.3) is 0 Å². The Kier molecular flexibility index (Phi) is 67.4. The molecule has 2 heterocycles. The fourth-order valence-electron chi connectivity index (χ4n) is 13.7. The highest BCUT2D eigenvalue weighted by Crippen LogP contribution is 2.30. The molecule has 0 bridgehead atoms. The van der Waals surface area contributed by atoms with Gasteiger partial charge in [0.05, 0.1) is 32.0 Å². The Labute approximate surface area is 636 Å². The highest BCUT2D eigenvalue weighted by molar-refractivity contribution is 5.76. The topological polar surface area (TPSA) is 228 Å². The Morgan fingerprint density at radius 3 is 1.06 bits per heavy atom. The van der Waals surface area contributed by atoms with Crippen LogP contribution in [0.5, 0.6) is 0 Å². The zero-order chi connectivity index (χ0) is 75.1. The van der Waals surface area contributed by atoms with Crippen molar-refractivity contribution in [3.63, 3.8) is 0 Å². The fourth-order valence-corrected chi connectivity index (χ4v) is 13.7. The van der Waals surface area contributed by atoms with Gasteiger partial charge in [-0.2, -0.15) is 0 Å². The van der Waals surface area contributed by atoms with E-state index in [9.17, 15) is 45.6 Å². The second-order valence-corrected chi connectivity index (χ2v) is 29.9. The van der Waals surface area contributed by atoms with Crippen LogP contribution in [0.3, 0.4) is 0 Å². The summed E-state index contributed by atoms with van der Waals surface area (Å²) >= 11 is 0. The summed E-state index contributed by atoms with van der Waals surface area (Å²) in [5.74, 6) is -0.246. The van der Waals surface area contributed by atoms with Crippen LogP contribution in [0.2, 0.25) is 0 Å². The standard InChI is InChI=1S/C90H159NO13/c1-3-5-7-9-11-13-15-17-19-21-23-25-27-29-31-33-34-35-36-37-38-39-40-41-42-43-44-46-48-50-52-54-56-58-60-62-64-66-68-70-72-74-82(95)91-78(77-101-89-87(100)85(98)88(81(76-93)103-89)104-90-86(99)84(97)83(96)80(75-92)102-90)79(94)73-71-69-67-65-63-61-59-57-55-53-51-49-47-45-32-30-28-26-24-22-20-18-16-14-12-10-8-6-4-2/h5,7,11,13,17,19,23,25,29,31,34-35,37-38,63,65,71,73,78-81,83-90,92-94,96-100H,3-4,6,8-10,12,14-16,18,20-22,24,26-28,30,32-33,36,39-62,64,66-70,72,74-77H2,1-2H3,(H,91,95)/b7-5-,13-11-,19-17-,25-23-,31-29-,35-34-,38-37-,65-63+,73-71+. The molecule has 2 fully saturated rings. The molecule has 0 spiro atoms. The highest BCUT2D eigenvalue weighted by Gasteiger charge is 2.51. The summed E-state index contributed by atoms with van der Waals surface area (Å²) < 4.78 is 22.9. The van der Waals surface area contributed by atoms with E-state index in [0.29, 0.717) is 12.8 Å². The van der Waals surface area contributed by atoms with Gasteiger partial charge in [-0.25, -0.2) is 0 Å². The Balaban J connectivity index is 1.59. The molecule has 104 heavy (non-hydrogen) atoms. The average molecular weight is 1460 g/mol. The van der Waals surface area contributed by atoms with E-state index in [-0.39, 0.29) is 18.9 Å². The molecule has 602 valence electrons. The molecule has 2 saturated heterocycles. The number of allylic oxidation sites excluding steroid dienone is 17. The zero-order valence-electron chi connectivity index (χ0n) is 66.2. The zero-order valence-corrected chi connectivity index (χ0v) is 66.2. The van der Waals surface area contributed by atoms with Crippen molar-refractivity contribution in [3.8, 4) is 0 Å². The first-order chi connectivity index (χ1) is 51.1. The molecule has 9 N–H and O–H groups in total. The predicted molar refractivity (Wildman–Crippen MR) is 433 cm³/mol. The van der Waals surface area contributed by atoms with Crippen molar-refractivity contribution in [2.24, 2.45) is 0 Å². The second-order valence-electron chi connectivity index (χ2n) is 29.9. The molecule has 2 aliphatic heterocycles. The maximum atomic E-state index is 13.4. The predicted octanol–water partition coefficient (Wildman–Crippen LogP) is 20.6. The Morgan fingerprint density at radius 1 is 0.356 bits per heavy atom. The first kappa shape index (κ1) is 96.7. The molecule has 12 unspecified atom stereocenters. The molecule has 12 atom stereocenters. The van der Waals surface area contributed by atoms with Gasteiger partial charge in [0.2, 0.25) is 5.91 Å². The molecule has 1 amide bonds. The number of carbonyl (C=O) groups excluding carboxylic acids is 1. The number of rotatable bonds is 72. The molecule has 2 rings (SSSR count). The quantitative estimate of drug-likeness (QED) is 0.0204. The van der Waals surface area contributed by atoms with E-state index in [2.05, 4.69) is 116 Å². The van der Waals surface area contributed by atoms with E-state index in [1.165, 1.54) is 250 Å². The van der Waals surface area contributed by atoms with E-state index in [4.69, 9.17) is 18.9 Å². The maximum absolute atomic E-state index is 13.4. The first-order valence-corrected chi connectivity index (χ1v) is 43.1. The van der Waals surface area contributed by atoms with Gasteiger partial charge in [0.25, 0.3) is 0 Å². The summed E-state index contributed by atoms with van der Waals surface area (Å²) in [5.41, 5.74) is 0. The van der Waals surface area contributed by atoms with Crippen molar-refractivity contribution >= 4 is 5.91 Å². The third-order valence-corrected chi connectivity index (χ3v) is 20.4. The average Bonchev–Trinajstić information content (AvgIpc) is 0.789. The molecule has 0 aromatic heterocycles. The van der Waals surface area contributed by atoms with Crippen LogP contribution >= 0.6 is 0 Å². The minimum absolute atomic E-state index is 0.246. The monoisotopic (exact) mass is 1460 g/mol. The molecular formula is C90H159NO13. The Morgan fingerprint density at radius 2 is 0.673 bits per heavy atom. The van der Waals surface area contributed by atoms with E-state index in [1.807, 2.05) is 6.08 Å². The summed E-state index contributed by atoms with van der Waals surface area (Å²) in [5, 5.41) is 87.8. The van der Waals surface area contributed by atoms with Gasteiger partial charge in [0.1, 0.15) is 48.8 Å². The van der Waals surface area contributed by atoms with Gasteiger partial charge in [0, 0.05) is 6.42 Å². The second kappa shape index (κ2) is 72.5. The first-order valence-electron chi connectivity index (χ1n) is 43.1. The lowest BCUT2D eigenvalue weighted by atomic mass is 9.97. The number of ether oxygens (including phenoxy) is 4. The Hall–Kier alpha value is -3.35. The smallest absolute Gasteiger partial charge is 0.220 e. The molecule has 2 aliphatic rings. The number of carbonyl (C=O) groups is 1. The van der Waals surface area contributed by atoms with Crippen LogP contribution in [-0.4, -0.2) is 140 Å². The van der Waals surface area contributed by atoms with Crippen LogP contribution in [0, 0.1) is 0 Å². The summed E-state index contributed by atoms with van der Waals surface area (Å²) in [7, 11) is 0. The van der Waals surface area contributed by atoms with Crippen LogP contribution < -0.4 is 5.32 Å². The lowest BCUT2D eigenvalue weighted by Crippen LogP contribution is -2.65. The lowest BCUT2D eigenvalue weighted by molar-refractivity contribution is -0.359. The van der Waals surface area contributed by atoms with Crippen molar-refractivity contribution in [1.82, 2.24) is 5.32 Å². The maximum Gasteiger partial charge on any atom is 0.220 e. The summed E-state index contributed by atoms with van der Waals surface area (Å²) in [6.45, 7) is 2.71. The summed E-state index contributed by atoms with van der Waals surface area (Å²) in [4.78, 5) is 13.4. The van der Waals surface area contributed by atoms with Crippen molar-refractivity contribution in [3.05, 3.63) is 109 Å². The van der Waals surface area contributed by atoms with E-state index in [1.54, 1.807) is 6.08 Å². The fraction of sp³-hybridized carbons (Fsp3) is 0.789. The van der Waals surface area contributed by atoms with Crippen LogP contribution in [0.4, 0.5) is 0 Å². The summed E-state index contributed by atoms with van der Waals surface area (Å²) in [6, 6.07) is -0.938. The summed E-state index contributed by atoms with van der Waals surface area (Å²) in [6.07, 6.45) is 89.0. The van der Waals surface area contributed by atoms with Gasteiger partial charge >= 0.3 is 0 Å². The van der Waals surface area contributed by atoms with Gasteiger partial charge < -0.3 is 65.1 Å². The molecular weight excluding hydrogens is 1300 g/mol. The lowest BCUT2D eigenvalue weighted by Gasteiger charge is -2.46. The number of hydrogen-bond acceptors (Lipinski definition) is 13. The largest absolute Gasteiger partial charge is 0.394 e. The van der Waals surface area contributed by atoms with Gasteiger partial charge in [-0.3, -0.25) is 4.79 Å². The molecule has 0 saturated carbocycles. The van der Waals surface area contributed by atoms with Gasteiger partial charge in [-0.05, 0) is 89.9 Å². The molecule has 0 aromatic carbocycles. The van der Waals surface area contributed by atoms with Crippen molar-refractivity contribution in [2.45, 2.75) is 434 Å².